The first kappa shape index (κ1) is 20.6. The minimum Gasteiger partial charge on any atom is -0.384 e. The molecular weight excluding hydrogens is 376 g/mol. The van der Waals surface area contributed by atoms with Gasteiger partial charge in [0.25, 0.3) is 0 Å². The van der Waals surface area contributed by atoms with Crippen LogP contribution in [0.25, 0.3) is 11.1 Å². The lowest BCUT2D eigenvalue weighted by Gasteiger charge is -2.43. The van der Waals surface area contributed by atoms with Crippen molar-refractivity contribution in [3.63, 3.8) is 0 Å². The molecule has 4 rings (SSSR count). The summed E-state index contributed by atoms with van der Waals surface area (Å²) < 4.78 is 5.32. The number of carbonyl (C=O) groups excluding carboxylic acids is 2. The Kier molecular flexibility index (Phi) is 6.48. The monoisotopic (exact) mass is 406 g/mol. The highest BCUT2D eigenvalue weighted by Gasteiger charge is 2.40. The Morgan fingerprint density at radius 2 is 1.80 bits per heavy atom. The summed E-state index contributed by atoms with van der Waals surface area (Å²) in [5.41, 5.74) is 3.33. The Morgan fingerprint density at radius 1 is 1.07 bits per heavy atom. The van der Waals surface area contributed by atoms with Gasteiger partial charge in [0.1, 0.15) is 0 Å². The third-order valence-corrected chi connectivity index (χ3v) is 6.47. The first-order valence-electron chi connectivity index (χ1n) is 10.8. The fraction of sp³-hybridized carbons (Fsp3) is 0.440. The normalized spacial score (nSPS) is 25.8. The molecule has 158 valence electrons. The first-order chi connectivity index (χ1) is 14.6. The summed E-state index contributed by atoms with van der Waals surface area (Å²) in [5.74, 6) is 0.875. The highest BCUT2D eigenvalue weighted by molar-refractivity contribution is 5.79. The molecule has 0 bridgehead atoms. The van der Waals surface area contributed by atoms with Crippen LogP contribution in [0.15, 0.2) is 54.6 Å². The minimum atomic E-state index is 0.0430. The molecule has 1 aliphatic carbocycles. The number of amides is 2. The molecule has 5 heteroatoms. The summed E-state index contributed by atoms with van der Waals surface area (Å²) in [7, 11) is 1.69. The van der Waals surface area contributed by atoms with Crippen molar-refractivity contribution in [3.05, 3.63) is 60.2 Å². The number of benzene rings is 2. The van der Waals surface area contributed by atoms with Crippen LogP contribution < -0.4 is 10.6 Å². The molecule has 0 aromatic heterocycles. The van der Waals surface area contributed by atoms with Gasteiger partial charge in [0.2, 0.25) is 11.8 Å². The number of methoxy groups -OCH3 is 1. The van der Waals surface area contributed by atoms with E-state index in [1.165, 1.54) is 5.56 Å². The Bertz CT molecular complexity index is 866. The molecule has 0 spiro atoms. The number of ether oxygens (including phenoxy) is 1. The summed E-state index contributed by atoms with van der Waals surface area (Å²) >= 11 is 0. The van der Waals surface area contributed by atoms with E-state index in [0.717, 1.165) is 30.4 Å². The molecule has 2 aliphatic rings. The van der Waals surface area contributed by atoms with E-state index in [-0.39, 0.29) is 29.8 Å². The third kappa shape index (κ3) is 4.90. The zero-order chi connectivity index (χ0) is 20.9. The maximum Gasteiger partial charge on any atom is 0.224 e. The molecule has 2 fully saturated rings. The van der Waals surface area contributed by atoms with Crippen LogP contribution in [0.4, 0.5) is 0 Å². The minimum absolute atomic E-state index is 0.0430. The van der Waals surface area contributed by atoms with Crippen molar-refractivity contribution >= 4 is 11.8 Å². The van der Waals surface area contributed by atoms with Gasteiger partial charge in [-0.15, -0.1) is 0 Å². The molecule has 2 N–H and O–H groups in total. The van der Waals surface area contributed by atoms with Crippen molar-refractivity contribution in [3.8, 4) is 11.1 Å². The van der Waals surface area contributed by atoms with Crippen molar-refractivity contribution in [1.82, 2.24) is 10.6 Å². The second-order valence-electron chi connectivity index (χ2n) is 8.57. The summed E-state index contributed by atoms with van der Waals surface area (Å²) in [4.78, 5) is 24.7. The number of rotatable bonds is 6. The van der Waals surface area contributed by atoms with Crippen LogP contribution in [0.1, 0.15) is 31.2 Å². The third-order valence-electron chi connectivity index (χ3n) is 6.47. The summed E-state index contributed by atoms with van der Waals surface area (Å²) in [5, 5.41) is 6.32. The topological polar surface area (TPSA) is 67.4 Å². The van der Waals surface area contributed by atoms with Crippen LogP contribution in [0, 0.1) is 11.8 Å². The largest absolute Gasteiger partial charge is 0.384 e. The SMILES string of the molecule is COCC1CC(=O)NC2CC(NC(=O)Cc3ccc(-c4ccccc4)cc3)CCC12. The predicted molar refractivity (Wildman–Crippen MR) is 117 cm³/mol. The molecular formula is C25H30N2O3. The molecule has 2 aromatic carbocycles. The summed E-state index contributed by atoms with van der Waals surface area (Å²) in [6.45, 7) is 0.630. The Hall–Kier alpha value is -2.66. The number of fused-ring (bicyclic) bond motifs is 1. The van der Waals surface area contributed by atoms with Crippen LogP contribution >= 0.6 is 0 Å². The van der Waals surface area contributed by atoms with Gasteiger partial charge in [-0.25, -0.2) is 0 Å². The molecule has 1 heterocycles. The molecule has 1 aliphatic heterocycles. The van der Waals surface area contributed by atoms with Gasteiger partial charge in [0.05, 0.1) is 6.42 Å². The average molecular weight is 407 g/mol. The quantitative estimate of drug-likeness (QED) is 0.773. The molecule has 0 radical (unpaired) electrons. The van der Waals surface area contributed by atoms with E-state index in [1.54, 1.807) is 7.11 Å². The van der Waals surface area contributed by atoms with E-state index < -0.39 is 0 Å². The average Bonchev–Trinajstić information content (AvgIpc) is 2.75. The second-order valence-corrected chi connectivity index (χ2v) is 8.57. The zero-order valence-corrected chi connectivity index (χ0v) is 17.5. The molecule has 2 amide bonds. The van der Waals surface area contributed by atoms with Gasteiger partial charge in [-0.1, -0.05) is 54.6 Å². The van der Waals surface area contributed by atoms with E-state index in [4.69, 9.17) is 4.74 Å². The van der Waals surface area contributed by atoms with Crippen molar-refractivity contribution in [1.29, 1.82) is 0 Å². The standard InChI is InChI=1S/C25H30N2O3/c1-30-16-20-14-25(29)27-23-15-21(11-12-22(20)23)26-24(28)13-17-7-9-19(10-8-17)18-5-3-2-4-6-18/h2-10,20-23H,11-16H2,1H3,(H,26,28)(H,27,29). The number of carbonyl (C=O) groups is 2. The van der Waals surface area contributed by atoms with E-state index in [2.05, 4.69) is 34.9 Å². The smallest absolute Gasteiger partial charge is 0.224 e. The van der Waals surface area contributed by atoms with Crippen LogP contribution in [0.2, 0.25) is 0 Å². The number of hydrogen-bond donors (Lipinski definition) is 2. The maximum atomic E-state index is 12.6. The molecule has 2 aromatic rings. The zero-order valence-electron chi connectivity index (χ0n) is 17.5. The number of nitrogens with one attached hydrogen (secondary N) is 2. The highest BCUT2D eigenvalue weighted by atomic mass is 16.5. The van der Waals surface area contributed by atoms with Gasteiger partial charge in [-0.2, -0.15) is 0 Å². The maximum absolute atomic E-state index is 12.6. The van der Waals surface area contributed by atoms with E-state index in [0.29, 0.717) is 25.4 Å². The van der Waals surface area contributed by atoms with Gasteiger partial charge < -0.3 is 15.4 Å². The summed E-state index contributed by atoms with van der Waals surface area (Å²) in [6.07, 6.45) is 3.68. The van der Waals surface area contributed by atoms with Crippen LogP contribution in [0.3, 0.4) is 0 Å². The Morgan fingerprint density at radius 3 is 2.53 bits per heavy atom. The fourth-order valence-electron chi connectivity index (χ4n) is 5.02. The molecule has 30 heavy (non-hydrogen) atoms. The van der Waals surface area contributed by atoms with E-state index in [9.17, 15) is 9.59 Å². The van der Waals surface area contributed by atoms with Gasteiger partial charge in [0, 0.05) is 32.2 Å². The molecule has 1 saturated heterocycles. The van der Waals surface area contributed by atoms with Crippen LogP contribution in [0.5, 0.6) is 0 Å². The fourth-order valence-corrected chi connectivity index (χ4v) is 5.02. The number of piperidine rings is 1. The van der Waals surface area contributed by atoms with E-state index >= 15 is 0 Å². The van der Waals surface area contributed by atoms with Gasteiger partial charge >= 0.3 is 0 Å². The highest BCUT2D eigenvalue weighted by Crippen LogP contribution is 2.35. The van der Waals surface area contributed by atoms with Crippen LogP contribution in [-0.2, 0) is 20.7 Å². The van der Waals surface area contributed by atoms with Crippen molar-refractivity contribution < 1.29 is 14.3 Å². The van der Waals surface area contributed by atoms with E-state index in [1.807, 2.05) is 30.3 Å². The first-order valence-corrected chi connectivity index (χ1v) is 10.8. The molecule has 5 nitrogen and oxygen atoms in total. The van der Waals surface area contributed by atoms with Crippen LogP contribution in [-0.4, -0.2) is 37.6 Å². The molecule has 4 unspecified atom stereocenters. The molecule has 1 saturated carbocycles. The second kappa shape index (κ2) is 9.43. The number of hydrogen-bond acceptors (Lipinski definition) is 3. The summed E-state index contributed by atoms with van der Waals surface area (Å²) in [6, 6.07) is 18.7. The lowest BCUT2D eigenvalue weighted by atomic mass is 9.71. The lowest BCUT2D eigenvalue weighted by Crippen LogP contribution is -2.56. The predicted octanol–water partition coefficient (Wildman–Crippen LogP) is 3.33. The Labute approximate surface area is 178 Å². The Balaban J connectivity index is 1.31. The molecule has 4 atom stereocenters. The van der Waals surface area contributed by atoms with Crippen molar-refractivity contribution in [2.24, 2.45) is 11.8 Å². The van der Waals surface area contributed by atoms with Gasteiger partial charge in [-0.05, 0) is 47.8 Å². The van der Waals surface area contributed by atoms with Gasteiger partial charge in [0.15, 0.2) is 0 Å². The van der Waals surface area contributed by atoms with Crippen molar-refractivity contribution in [2.75, 3.05) is 13.7 Å². The lowest BCUT2D eigenvalue weighted by molar-refractivity contribution is -0.128. The van der Waals surface area contributed by atoms with Gasteiger partial charge in [-0.3, -0.25) is 9.59 Å². The van der Waals surface area contributed by atoms with Crippen molar-refractivity contribution in [2.45, 2.75) is 44.2 Å².